The van der Waals surface area contributed by atoms with Crippen LogP contribution in [0.5, 0.6) is 5.75 Å². The molecule has 4 nitrogen and oxygen atoms in total. The molecule has 2 rings (SSSR count). The number of benzene rings is 1. The van der Waals surface area contributed by atoms with E-state index < -0.39 is 21.2 Å². The van der Waals surface area contributed by atoms with E-state index >= 15 is 0 Å². The first-order valence-electron chi connectivity index (χ1n) is 6.56. The second-order valence-electron chi connectivity index (χ2n) is 4.98. The zero-order chi connectivity index (χ0) is 13.9. The van der Waals surface area contributed by atoms with Gasteiger partial charge in [0.05, 0.1) is 24.2 Å². The summed E-state index contributed by atoms with van der Waals surface area (Å²) in [4.78, 5) is 0. The molecule has 1 aliphatic heterocycles. The molecule has 1 aromatic rings. The summed E-state index contributed by atoms with van der Waals surface area (Å²) in [6.07, 6.45) is 1.58. The molecule has 1 aliphatic rings. The summed E-state index contributed by atoms with van der Waals surface area (Å²) in [5.74, 6) is 0.885. The van der Waals surface area contributed by atoms with Crippen molar-refractivity contribution in [3.8, 4) is 5.75 Å². The third-order valence-corrected chi connectivity index (χ3v) is 6.01. The Morgan fingerprint density at radius 3 is 2.79 bits per heavy atom. The maximum absolute atomic E-state index is 12.0. The summed E-state index contributed by atoms with van der Waals surface area (Å²) < 4.78 is 29.2. The van der Waals surface area contributed by atoms with E-state index in [4.69, 9.17) is 4.74 Å². The van der Waals surface area contributed by atoms with Gasteiger partial charge >= 0.3 is 0 Å². The molecule has 0 spiro atoms. The van der Waals surface area contributed by atoms with Gasteiger partial charge in [0.25, 0.3) is 0 Å². The van der Waals surface area contributed by atoms with Crippen LogP contribution in [0, 0.1) is 0 Å². The minimum absolute atomic E-state index is 0.195. The first-order chi connectivity index (χ1) is 9.04. The van der Waals surface area contributed by atoms with Crippen LogP contribution in [0.15, 0.2) is 24.3 Å². The molecule has 0 aromatic heterocycles. The lowest BCUT2D eigenvalue weighted by Gasteiger charge is -2.27. The topological polar surface area (TPSA) is 63.6 Å². The number of hydrogen-bond acceptors (Lipinski definition) is 4. The quantitative estimate of drug-likeness (QED) is 0.911. The van der Waals surface area contributed by atoms with Crippen LogP contribution in [0.25, 0.3) is 0 Å². The predicted molar refractivity (Wildman–Crippen MR) is 74.1 cm³/mol. The number of methoxy groups -OCH3 is 1. The third-order valence-electron chi connectivity index (χ3n) is 3.68. The molecule has 0 amide bonds. The Labute approximate surface area is 114 Å². The average molecular weight is 284 g/mol. The van der Waals surface area contributed by atoms with Crippen LogP contribution < -0.4 is 4.74 Å². The van der Waals surface area contributed by atoms with E-state index in [-0.39, 0.29) is 5.75 Å². The van der Waals surface area contributed by atoms with Crippen molar-refractivity contribution in [2.75, 3.05) is 12.9 Å². The number of hydrogen-bond donors (Lipinski definition) is 1. The van der Waals surface area contributed by atoms with Crippen molar-refractivity contribution < 1.29 is 18.3 Å². The fourth-order valence-electron chi connectivity index (χ4n) is 2.64. The van der Waals surface area contributed by atoms with Crippen LogP contribution in [0.2, 0.25) is 0 Å². The minimum atomic E-state index is -3.15. The van der Waals surface area contributed by atoms with Crippen LogP contribution in [0.3, 0.4) is 0 Å². The van der Waals surface area contributed by atoms with Crippen molar-refractivity contribution in [3.05, 3.63) is 29.8 Å². The lowest BCUT2D eigenvalue weighted by Crippen LogP contribution is -2.39. The first-order valence-corrected chi connectivity index (χ1v) is 8.27. The Morgan fingerprint density at radius 2 is 2.11 bits per heavy atom. The van der Waals surface area contributed by atoms with Gasteiger partial charge in [-0.05, 0) is 24.5 Å². The number of rotatable bonds is 4. The molecule has 0 bridgehead atoms. The Bertz CT molecular complexity index is 524. The summed E-state index contributed by atoms with van der Waals surface area (Å²) in [5.41, 5.74) is 0.846. The van der Waals surface area contributed by atoms with E-state index in [2.05, 4.69) is 0 Å². The number of aliphatic hydroxyl groups is 1. The van der Waals surface area contributed by atoms with Crippen molar-refractivity contribution in [1.82, 2.24) is 0 Å². The van der Waals surface area contributed by atoms with Gasteiger partial charge in [-0.25, -0.2) is 8.42 Å². The smallest absolute Gasteiger partial charge is 0.155 e. The van der Waals surface area contributed by atoms with Gasteiger partial charge in [0.2, 0.25) is 0 Å². The van der Waals surface area contributed by atoms with Gasteiger partial charge in [0.15, 0.2) is 9.84 Å². The summed E-state index contributed by atoms with van der Waals surface area (Å²) in [6.45, 7) is 0. The van der Waals surface area contributed by atoms with Crippen molar-refractivity contribution in [1.29, 1.82) is 0 Å². The molecular weight excluding hydrogens is 264 g/mol. The van der Waals surface area contributed by atoms with Crippen LogP contribution in [-0.4, -0.2) is 37.7 Å². The van der Waals surface area contributed by atoms with Gasteiger partial charge < -0.3 is 9.84 Å². The number of ether oxygens (including phenoxy) is 1. The summed E-state index contributed by atoms with van der Waals surface area (Å²) in [6, 6.07) is 7.39. The second-order valence-corrected chi connectivity index (χ2v) is 7.32. The van der Waals surface area contributed by atoms with Crippen molar-refractivity contribution in [2.24, 2.45) is 0 Å². The summed E-state index contributed by atoms with van der Waals surface area (Å²) in [5, 5.41) is 9.62. The molecule has 5 heteroatoms. The standard InChI is InChI=1S/C14H20O4S/c1-18-13-7-3-2-6-11(13)10-12(15)14-8-4-5-9-19(14,16)17/h2-3,6-7,12,14-15H,4-5,8-10H2,1H3. The van der Waals surface area contributed by atoms with Gasteiger partial charge in [-0.15, -0.1) is 0 Å². The van der Waals surface area contributed by atoms with Gasteiger partial charge in [0, 0.05) is 6.42 Å². The van der Waals surface area contributed by atoms with Gasteiger partial charge in [-0.3, -0.25) is 0 Å². The molecule has 106 valence electrons. The van der Waals surface area contributed by atoms with E-state index in [1.165, 1.54) is 0 Å². The molecule has 0 aliphatic carbocycles. The fourth-order valence-corrected chi connectivity index (χ4v) is 4.65. The van der Waals surface area contributed by atoms with E-state index in [1.54, 1.807) is 7.11 Å². The molecule has 1 saturated heterocycles. The van der Waals surface area contributed by atoms with Crippen molar-refractivity contribution in [3.63, 3.8) is 0 Å². The SMILES string of the molecule is COc1ccccc1CC(O)C1CCCCS1(=O)=O. The zero-order valence-corrected chi connectivity index (χ0v) is 11.9. The third kappa shape index (κ3) is 3.28. The molecule has 1 aromatic carbocycles. The first kappa shape index (κ1) is 14.3. The van der Waals surface area contributed by atoms with E-state index in [0.29, 0.717) is 25.0 Å². The molecule has 1 fully saturated rings. The lowest BCUT2D eigenvalue weighted by atomic mass is 10.0. The maximum atomic E-state index is 12.0. The van der Waals surface area contributed by atoms with Crippen LogP contribution in [0.1, 0.15) is 24.8 Å². The van der Waals surface area contributed by atoms with Crippen LogP contribution in [0.4, 0.5) is 0 Å². The molecule has 0 radical (unpaired) electrons. The van der Waals surface area contributed by atoms with E-state index in [0.717, 1.165) is 12.0 Å². The van der Waals surface area contributed by atoms with Crippen LogP contribution in [-0.2, 0) is 16.3 Å². The highest BCUT2D eigenvalue weighted by Crippen LogP contribution is 2.26. The highest BCUT2D eigenvalue weighted by atomic mass is 32.2. The Balaban J connectivity index is 2.14. The summed E-state index contributed by atoms with van der Waals surface area (Å²) >= 11 is 0. The maximum Gasteiger partial charge on any atom is 0.155 e. The normalized spacial score (nSPS) is 23.8. The largest absolute Gasteiger partial charge is 0.496 e. The molecule has 1 N–H and O–H groups in total. The van der Waals surface area contributed by atoms with Gasteiger partial charge in [0.1, 0.15) is 5.75 Å². The molecule has 1 heterocycles. The molecule has 2 atom stereocenters. The van der Waals surface area contributed by atoms with Crippen molar-refractivity contribution >= 4 is 9.84 Å². The highest BCUT2D eigenvalue weighted by Gasteiger charge is 2.34. The van der Waals surface area contributed by atoms with Gasteiger partial charge in [-0.1, -0.05) is 24.6 Å². The monoisotopic (exact) mass is 284 g/mol. The Kier molecular flexibility index (Phi) is 4.47. The Hall–Kier alpha value is -1.07. The number of sulfone groups is 1. The zero-order valence-electron chi connectivity index (χ0n) is 11.1. The summed E-state index contributed by atoms with van der Waals surface area (Å²) in [7, 11) is -1.58. The predicted octanol–water partition coefficient (Wildman–Crippen LogP) is 1.57. The van der Waals surface area contributed by atoms with E-state index in [9.17, 15) is 13.5 Å². The van der Waals surface area contributed by atoms with E-state index in [1.807, 2.05) is 24.3 Å². The van der Waals surface area contributed by atoms with Crippen molar-refractivity contribution in [2.45, 2.75) is 37.0 Å². The molecular formula is C14H20O4S. The molecule has 19 heavy (non-hydrogen) atoms. The Morgan fingerprint density at radius 1 is 1.37 bits per heavy atom. The van der Waals surface area contributed by atoms with Crippen LogP contribution >= 0.6 is 0 Å². The minimum Gasteiger partial charge on any atom is -0.496 e. The molecule has 0 saturated carbocycles. The van der Waals surface area contributed by atoms with Gasteiger partial charge in [-0.2, -0.15) is 0 Å². The molecule has 2 unspecified atom stereocenters. The highest BCUT2D eigenvalue weighted by molar-refractivity contribution is 7.92. The fraction of sp³-hybridized carbons (Fsp3) is 0.571. The second kappa shape index (κ2) is 5.92. The lowest BCUT2D eigenvalue weighted by molar-refractivity contribution is 0.161. The number of aliphatic hydroxyl groups excluding tert-OH is 1. The number of para-hydroxylation sites is 1. The average Bonchev–Trinajstić information content (AvgIpc) is 2.38.